The van der Waals surface area contributed by atoms with Crippen molar-refractivity contribution in [3.05, 3.63) is 0 Å². The molecule has 106 valence electrons. The minimum Gasteiger partial charge on any atom is -0.333 e. The lowest BCUT2D eigenvalue weighted by atomic mass is 10.1. The monoisotopic (exact) mass is 277 g/mol. The second-order valence-corrected chi connectivity index (χ2v) is 7.61. The van der Waals surface area contributed by atoms with E-state index in [1.165, 1.54) is 0 Å². The van der Waals surface area contributed by atoms with Crippen molar-refractivity contribution in [2.24, 2.45) is 0 Å². The first-order valence-corrected chi connectivity index (χ1v) is 8.00. The standard InChI is InChI=1S/C11H23N3O3S/c1-11(2,3)12-10(15)14-7-5-9(6-8-14)13-18(4,16)17/h9,13H,5-8H2,1-4H3,(H,12,15). The Bertz CT molecular complexity index is 392. The highest BCUT2D eigenvalue weighted by Gasteiger charge is 2.26. The van der Waals surface area contributed by atoms with E-state index in [0.717, 1.165) is 6.26 Å². The van der Waals surface area contributed by atoms with Gasteiger partial charge in [-0.2, -0.15) is 0 Å². The maximum atomic E-state index is 11.9. The lowest BCUT2D eigenvalue weighted by molar-refractivity contribution is 0.172. The second-order valence-electron chi connectivity index (χ2n) is 5.83. The zero-order valence-electron chi connectivity index (χ0n) is 11.5. The van der Waals surface area contributed by atoms with Crippen molar-refractivity contribution >= 4 is 16.1 Å². The van der Waals surface area contributed by atoms with Gasteiger partial charge in [0.1, 0.15) is 0 Å². The lowest BCUT2D eigenvalue weighted by Gasteiger charge is -2.34. The van der Waals surface area contributed by atoms with Gasteiger partial charge in [-0.25, -0.2) is 17.9 Å². The van der Waals surface area contributed by atoms with Gasteiger partial charge in [0.15, 0.2) is 0 Å². The quantitative estimate of drug-likeness (QED) is 0.772. The normalized spacial score (nSPS) is 18.8. The van der Waals surface area contributed by atoms with Gasteiger partial charge in [0, 0.05) is 24.7 Å². The fourth-order valence-corrected chi connectivity index (χ4v) is 2.74. The Morgan fingerprint density at radius 2 is 1.72 bits per heavy atom. The number of likely N-dealkylation sites (tertiary alicyclic amines) is 1. The number of nitrogens with one attached hydrogen (secondary N) is 2. The molecule has 18 heavy (non-hydrogen) atoms. The molecule has 1 rings (SSSR count). The Kier molecular flexibility index (Phi) is 4.61. The summed E-state index contributed by atoms with van der Waals surface area (Å²) in [6, 6.07) is -0.140. The van der Waals surface area contributed by atoms with Gasteiger partial charge in [0.05, 0.1) is 6.26 Å². The van der Waals surface area contributed by atoms with Crippen molar-refractivity contribution in [3.8, 4) is 0 Å². The summed E-state index contributed by atoms with van der Waals surface area (Å²) in [5.74, 6) is 0. The Hall–Kier alpha value is -0.820. The van der Waals surface area contributed by atoms with E-state index in [4.69, 9.17) is 0 Å². The van der Waals surface area contributed by atoms with Gasteiger partial charge in [-0.1, -0.05) is 0 Å². The van der Waals surface area contributed by atoms with E-state index < -0.39 is 10.0 Å². The summed E-state index contributed by atoms with van der Waals surface area (Å²) < 4.78 is 24.8. The highest BCUT2D eigenvalue weighted by Crippen LogP contribution is 2.12. The van der Waals surface area contributed by atoms with Crippen molar-refractivity contribution in [3.63, 3.8) is 0 Å². The summed E-state index contributed by atoms with van der Waals surface area (Å²) in [6.07, 6.45) is 2.47. The van der Waals surface area contributed by atoms with Crippen LogP contribution in [0.3, 0.4) is 0 Å². The van der Waals surface area contributed by atoms with Crippen LogP contribution in [0.5, 0.6) is 0 Å². The number of hydrogen-bond acceptors (Lipinski definition) is 3. The number of hydrogen-bond donors (Lipinski definition) is 2. The van der Waals surface area contributed by atoms with E-state index in [9.17, 15) is 13.2 Å². The van der Waals surface area contributed by atoms with Crippen LogP contribution in [0, 0.1) is 0 Å². The average molecular weight is 277 g/mol. The molecule has 0 radical (unpaired) electrons. The molecule has 0 unspecified atom stereocenters. The fraction of sp³-hybridized carbons (Fsp3) is 0.909. The SMILES string of the molecule is CC(C)(C)NC(=O)N1CCC(NS(C)(=O)=O)CC1. The number of piperidine rings is 1. The van der Waals surface area contributed by atoms with Gasteiger partial charge in [-0.3, -0.25) is 0 Å². The highest BCUT2D eigenvalue weighted by molar-refractivity contribution is 7.88. The summed E-state index contributed by atoms with van der Waals surface area (Å²) in [6.45, 7) is 6.96. The largest absolute Gasteiger partial charge is 0.333 e. The van der Waals surface area contributed by atoms with E-state index in [2.05, 4.69) is 10.0 Å². The molecule has 0 bridgehead atoms. The van der Waals surface area contributed by atoms with Crippen molar-refractivity contribution in [2.45, 2.75) is 45.2 Å². The van der Waals surface area contributed by atoms with Crippen molar-refractivity contribution in [2.75, 3.05) is 19.3 Å². The lowest BCUT2D eigenvalue weighted by Crippen LogP contribution is -2.53. The van der Waals surface area contributed by atoms with Crippen LogP contribution in [0.15, 0.2) is 0 Å². The third-order valence-electron chi connectivity index (χ3n) is 2.64. The van der Waals surface area contributed by atoms with Crippen LogP contribution in [0.4, 0.5) is 4.79 Å². The summed E-state index contributed by atoms with van der Waals surface area (Å²) in [5, 5.41) is 2.90. The number of carbonyl (C=O) groups is 1. The first kappa shape index (κ1) is 15.2. The van der Waals surface area contributed by atoms with Gasteiger partial charge < -0.3 is 10.2 Å². The molecular weight excluding hydrogens is 254 g/mol. The molecule has 0 saturated carbocycles. The Labute approximate surface area is 109 Å². The molecule has 0 aliphatic carbocycles. The minimum absolute atomic E-state index is 0.0568. The molecule has 1 fully saturated rings. The predicted octanol–water partition coefficient (Wildman–Crippen LogP) is 0.508. The molecule has 0 aromatic rings. The van der Waals surface area contributed by atoms with Crippen LogP contribution >= 0.6 is 0 Å². The summed E-state index contributed by atoms with van der Waals surface area (Å²) in [7, 11) is -3.16. The molecule has 0 spiro atoms. The first-order chi connectivity index (χ1) is 8.07. The van der Waals surface area contributed by atoms with E-state index in [-0.39, 0.29) is 17.6 Å². The van der Waals surface area contributed by atoms with Gasteiger partial charge in [-0.15, -0.1) is 0 Å². The molecule has 0 aromatic carbocycles. The van der Waals surface area contributed by atoms with E-state index in [1.807, 2.05) is 20.8 Å². The van der Waals surface area contributed by atoms with Crippen molar-refractivity contribution in [1.29, 1.82) is 0 Å². The van der Waals surface area contributed by atoms with Gasteiger partial charge >= 0.3 is 6.03 Å². The third-order valence-corrected chi connectivity index (χ3v) is 3.41. The van der Waals surface area contributed by atoms with E-state index >= 15 is 0 Å². The number of amides is 2. The van der Waals surface area contributed by atoms with Crippen LogP contribution in [0.25, 0.3) is 0 Å². The maximum Gasteiger partial charge on any atom is 0.317 e. The smallest absolute Gasteiger partial charge is 0.317 e. The number of rotatable bonds is 2. The third kappa shape index (κ3) is 5.68. The predicted molar refractivity (Wildman–Crippen MR) is 70.9 cm³/mol. The molecule has 2 N–H and O–H groups in total. The fourth-order valence-electron chi connectivity index (χ4n) is 1.90. The maximum absolute atomic E-state index is 11.9. The number of carbonyl (C=O) groups excluding carboxylic acids is 1. The van der Waals surface area contributed by atoms with Crippen LogP contribution in [-0.2, 0) is 10.0 Å². The van der Waals surface area contributed by atoms with Crippen LogP contribution in [0.1, 0.15) is 33.6 Å². The zero-order chi connectivity index (χ0) is 14.0. The molecule has 6 nitrogen and oxygen atoms in total. The Balaban J connectivity index is 2.42. The molecule has 0 atom stereocenters. The number of urea groups is 1. The summed E-state index contributed by atoms with van der Waals surface area (Å²) in [4.78, 5) is 13.6. The summed E-state index contributed by atoms with van der Waals surface area (Å²) >= 11 is 0. The van der Waals surface area contributed by atoms with E-state index in [0.29, 0.717) is 25.9 Å². The molecule has 1 heterocycles. The molecular formula is C11H23N3O3S. The zero-order valence-corrected chi connectivity index (χ0v) is 12.3. The van der Waals surface area contributed by atoms with Crippen LogP contribution in [-0.4, -0.2) is 50.3 Å². The van der Waals surface area contributed by atoms with Gasteiger partial charge in [0.25, 0.3) is 0 Å². The topological polar surface area (TPSA) is 78.5 Å². The number of nitrogens with zero attached hydrogens (tertiary/aromatic N) is 1. The highest BCUT2D eigenvalue weighted by atomic mass is 32.2. The molecule has 2 amide bonds. The summed E-state index contributed by atoms with van der Waals surface area (Å²) in [5.41, 5.74) is -0.251. The average Bonchev–Trinajstić information content (AvgIpc) is 2.13. The molecule has 1 aliphatic heterocycles. The van der Waals surface area contributed by atoms with Gasteiger partial charge in [-0.05, 0) is 33.6 Å². The Morgan fingerprint density at radius 3 is 2.11 bits per heavy atom. The van der Waals surface area contributed by atoms with Crippen molar-refractivity contribution in [1.82, 2.24) is 14.9 Å². The molecule has 1 saturated heterocycles. The minimum atomic E-state index is -3.16. The molecule has 7 heteroatoms. The number of sulfonamides is 1. The first-order valence-electron chi connectivity index (χ1n) is 6.11. The molecule has 0 aromatic heterocycles. The second kappa shape index (κ2) is 5.44. The molecule has 1 aliphatic rings. The Morgan fingerprint density at radius 1 is 1.22 bits per heavy atom. The van der Waals surface area contributed by atoms with Crippen LogP contribution < -0.4 is 10.0 Å². The van der Waals surface area contributed by atoms with Crippen molar-refractivity contribution < 1.29 is 13.2 Å². The van der Waals surface area contributed by atoms with Gasteiger partial charge in [0.2, 0.25) is 10.0 Å². The van der Waals surface area contributed by atoms with Crippen LogP contribution in [0.2, 0.25) is 0 Å². The van der Waals surface area contributed by atoms with E-state index in [1.54, 1.807) is 4.90 Å².